The number of methoxy groups -OCH3 is 1. The molecule has 136 valence electrons. The zero-order valence-corrected chi connectivity index (χ0v) is 15.1. The number of carbonyl (C=O) groups is 1. The first-order valence-electron chi connectivity index (χ1n) is 7.71. The third-order valence-corrected chi connectivity index (χ3v) is 4.63. The summed E-state index contributed by atoms with van der Waals surface area (Å²) in [6, 6.07) is 3.50. The molecule has 10 heteroatoms. The molecule has 0 saturated carbocycles. The van der Waals surface area contributed by atoms with Crippen LogP contribution < -0.4 is 15.2 Å². The highest BCUT2D eigenvalue weighted by molar-refractivity contribution is 7.89. The summed E-state index contributed by atoms with van der Waals surface area (Å²) >= 11 is 0. The van der Waals surface area contributed by atoms with Gasteiger partial charge in [0.2, 0.25) is 10.0 Å². The predicted octanol–water partition coefficient (Wildman–Crippen LogP) is 0.835. The molecule has 1 amide bonds. The second-order valence-corrected chi connectivity index (χ2v) is 6.84. The Kier molecular flexibility index (Phi) is 5.75. The number of sulfonamides is 1. The van der Waals surface area contributed by atoms with Gasteiger partial charge >= 0.3 is 0 Å². The second kappa shape index (κ2) is 7.62. The number of hydrogen-bond acceptors (Lipinski definition) is 6. The average Bonchev–Trinajstić information content (AvgIpc) is 3.06. The van der Waals surface area contributed by atoms with Crippen LogP contribution in [0.2, 0.25) is 0 Å². The van der Waals surface area contributed by atoms with Crippen LogP contribution in [0, 0.1) is 0 Å². The molecule has 0 spiro atoms. The number of nitrogens with one attached hydrogen (secondary N) is 1. The minimum atomic E-state index is -3.93. The number of hydrogen-bond donors (Lipinski definition) is 2. The van der Waals surface area contributed by atoms with E-state index in [-0.39, 0.29) is 22.3 Å². The lowest BCUT2D eigenvalue weighted by molar-refractivity contribution is 0.0929. The number of benzene rings is 1. The summed E-state index contributed by atoms with van der Waals surface area (Å²) in [4.78, 5) is 16.7. The zero-order chi connectivity index (χ0) is 18.6. The van der Waals surface area contributed by atoms with Crippen LogP contribution >= 0.6 is 0 Å². The van der Waals surface area contributed by atoms with E-state index < -0.39 is 15.9 Å². The van der Waals surface area contributed by atoms with Gasteiger partial charge in [-0.05, 0) is 31.5 Å². The van der Waals surface area contributed by atoms with Crippen LogP contribution in [0.3, 0.4) is 0 Å². The molecule has 9 nitrogen and oxygen atoms in total. The summed E-state index contributed by atoms with van der Waals surface area (Å²) in [5.74, 6) is 0.386. The van der Waals surface area contributed by atoms with Crippen LogP contribution in [-0.2, 0) is 16.6 Å². The van der Waals surface area contributed by atoms with Gasteiger partial charge in [-0.15, -0.1) is 0 Å². The molecule has 1 atom stereocenters. The molecule has 3 N–H and O–H groups in total. The first-order chi connectivity index (χ1) is 11.8. The molecule has 0 radical (unpaired) electrons. The number of aromatic nitrogens is 3. The summed E-state index contributed by atoms with van der Waals surface area (Å²) in [5.41, 5.74) is 0.0787. The second-order valence-electron chi connectivity index (χ2n) is 5.28. The fourth-order valence-electron chi connectivity index (χ4n) is 2.41. The molecule has 0 aliphatic carbocycles. The van der Waals surface area contributed by atoms with E-state index in [9.17, 15) is 13.2 Å². The van der Waals surface area contributed by atoms with E-state index in [0.29, 0.717) is 18.8 Å². The van der Waals surface area contributed by atoms with E-state index in [1.165, 1.54) is 31.6 Å². The van der Waals surface area contributed by atoms with Gasteiger partial charge in [0.15, 0.2) is 0 Å². The fraction of sp³-hybridized carbons (Fsp3) is 0.400. The lowest BCUT2D eigenvalue weighted by atomic mass is 10.1. The van der Waals surface area contributed by atoms with Crippen molar-refractivity contribution in [3.8, 4) is 5.75 Å². The summed E-state index contributed by atoms with van der Waals surface area (Å²) in [5, 5.41) is 12.1. The Balaban J connectivity index is 2.36. The monoisotopic (exact) mass is 367 g/mol. The van der Waals surface area contributed by atoms with E-state index in [0.717, 1.165) is 0 Å². The van der Waals surface area contributed by atoms with E-state index >= 15 is 0 Å². The van der Waals surface area contributed by atoms with Crippen LogP contribution in [-0.4, -0.2) is 36.2 Å². The fourth-order valence-corrected chi connectivity index (χ4v) is 2.95. The number of aryl methyl sites for hydroxylation is 1. The molecule has 1 aromatic heterocycles. The van der Waals surface area contributed by atoms with Gasteiger partial charge in [0.05, 0.1) is 23.6 Å². The maximum Gasteiger partial charge on any atom is 0.255 e. The minimum absolute atomic E-state index is 0.0787. The number of nitrogens with zero attached hydrogens (tertiary/aromatic N) is 3. The number of primary sulfonamides is 1. The van der Waals surface area contributed by atoms with Crippen molar-refractivity contribution in [1.29, 1.82) is 0 Å². The van der Waals surface area contributed by atoms with E-state index in [4.69, 9.17) is 9.88 Å². The lowest BCUT2D eigenvalue weighted by Crippen LogP contribution is -2.31. The van der Waals surface area contributed by atoms with Crippen LogP contribution in [0.1, 0.15) is 42.5 Å². The van der Waals surface area contributed by atoms with Gasteiger partial charge in [0.1, 0.15) is 17.9 Å². The van der Waals surface area contributed by atoms with Crippen LogP contribution in [0.4, 0.5) is 0 Å². The summed E-state index contributed by atoms with van der Waals surface area (Å²) in [6.45, 7) is 4.44. The van der Waals surface area contributed by atoms with Crippen molar-refractivity contribution in [1.82, 2.24) is 20.1 Å². The molecule has 0 saturated heterocycles. The minimum Gasteiger partial charge on any atom is -0.496 e. The normalized spacial score (nSPS) is 12.6. The Hall–Kier alpha value is -2.46. The third-order valence-electron chi connectivity index (χ3n) is 3.71. The molecule has 25 heavy (non-hydrogen) atoms. The smallest absolute Gasteiger partial charge is 0.255 e. The molecule has 2 aromatic rings. The van der Waals surface area contributed by atoms with Gasteiger partial charge in [-0.3, -0.25) is 4.79 Å². The summed E-state index contributed by atoms with van der Waals surface area (Å²) in [7, 11) is -2.54. The van der Waals surface area contributed by atoms with E-state index in [1.54, 1.807) is 4.68 Å². The van der Waals surface area contributed by atoms with Crippen molar-refractivity contribution >= 4 is 15.9 Å². The van der Waals surface area contributed by atoms with E-state index in [2.05, 4.69) is 15.4 Å². The largest absolute Gasteiger partial charge is 0.496 e. The number of nitrogens with two attached hydrogens (primary N) is 1. The maximum absolute atomic E-state index is 12.7. The first kappa shape index (κ1) is 18.9. The van der Waals surface area contributed by atoms with Crippen molar-refractivity contribution < 1.29 is 17.9 Å². The Bertz CT molecular complexity index is 863. The quantitative estimate of drug-likeness (QED) is 0.746. The first-order valence-corrected chi connectivity index (χ1v) is 9.25. The van der Waals surface area contributed by atoms with Crippen molar-refractivity contribution in [2.24, 2.45) is 5.14 Å². The van der Waals surface area contributed by atoms with Gasteiger partial charge < -0.3 is 10.1 Å². The highest BCUT2D eigenvalue weighted by Crippen LogP contribution is 2.23. The molecular formula is C15H21N5O4S. The van der Waals surface area contributed by atoms with Crippen molar-refractivity contribution in [2.45, 2.75) is 37.8 Å². The molecule has 0 aliphatic heterocycles. The van der Waals surface area contributed by atoms with Crippen LogP contribution in [0.25, 0.3) is 0 Å². The molecular weight excluding hydrogens is 346 g/mol. The topological polar surface area (TPSA) is 129 Å². The van der Waals surface area contributed by atoms with Gasteiger partial charge in [-0.25, -0.2) is 23.2 Å². The number of ether oxygens (including phenoxy) is 1. The highest BCUT2D eigenvalue weighted by Gasteiger charge is 2.22. The Morgan fingerprint density at radius 1 is 1.40 bits per heavy atom. The maximum atomic E-state index is 12.7. The summed E-state index contributed by atoms with van der Waals surface area (Å²) in [6.07, 6.45) is 2.01. The van der Waals surface area contributed by atoms with Gasteiger partial charge in [0, 0.05) is 6.54 Å². The summed E-state index contributed by atoms with van der Waals surface area (Å²) < 4.78 is 29.9. The highest BCUT2D eigenvalue weighted by atomic mass is 32.2. The molecule has 0 bridgehead atoms. The number of rotatable bonds is 7. The molecule has 2 rings (SSSR count). The Labute approximate surface area is 146 Å². The predicted molar refractivity (Wildman–Crippen MR) is 90.6 cm³/mol. The Morgan fingerprint density at radius 3 is 2.68 bits per heavy atom. The van der Waals surface area contributed by atoms with Crippen molar-refractivity contribution in [3.05, 3.63) is 35.9 Å². The number of carbonyl (C=O) groups excluding carboxylic acids is 1. The SMILES string of the molecule is CC[C@H](NC(=O)c1cc(S(N)(=O)=O)ccc1OC)c1ncnn1CC. The molecule has 0 unspecified atom stereocenters. The molecule has 1 heterocycles. The average molecular weight is 367 g/mol. The lowest BCUT2D eigenvalue weighted by Gasteiger charge is -2.18. The molecule has 0 fully saturated rings. The standard InChI is InChI=1S/C15H21N5O4S/c1-4-12(14-17-9-18-20(14)5-2)19-15(21)11-8-10(25(16,22)23)6-7-13(11)24-3/h6-9,12H,4-5H2,1-3H3,(H,19,21)(H2,16,22,23)/t12-/m0/s1. The zero-order valence-electron chi connectivity index (χ0n) is 14.3. The van der Waals surface area contributed by atoms with E-state index in [1.807, 2.05) is 13.8 Å². The van der Waals surface area contributed by atoms with Crippen molar-refractivity contribution in [2.75, 3.05) is 7.11 Å². The van der Waals surface area contributed by atoms with Gasteiger partial charge in [-0.2, -0.15) is 5.10 Å². The van der Waals surface area contributed by atoms with Gasteiger partial charge in [0.25, 0.3) is 5.91 Å². The molecule has 1 aromatic carbocycles. The number of amides is 1. The van der Waals surface area contributed by atoms with Crippen LogP contribution in [0.15, 0.2) is 29.4 Å². The van der Waals surface area contributed by atoms with Crippen LogP contribution in [0.5, 0.6) is 5.75 Å². The molecule has 0 aliphatic rings. The Morgan fingerprint density at radius 2 is 2.12 bits per heavy atom. The van der Waals surface area contributed by atoms with Gasteiger partial charge in [-0.1, -0.05) is 6.92 Å². The third kappa shape index (κ3) is 4.15. The van der Waals surface area contributed by atoms with Crippen molar-refractivity contribution in [3.63, 3.8) is 0 Å².